The maximum atomic E-state index is 11.6. The van der Waals surface area contributed by atoms with Gasteiger partial charge < -0.3 is 10.1 Å². The summed E-state index contributed by atoms with van der Waals surface area (Å²) in [5.41, 5.74) is 0.113. The van der Waals surface area contributed by atoms with E-state index < -0.39 is 20.4 Å². The Bertz CT molecular complexity index is 586. The zero-order valence-electron chi connectivity index (χ0n) is 11.6. The van der Waals surface area contributed by atoms with Crippen LogP contribution in [0.25, 0.3) is 0 Å². The summed E-state index contributed by atoms with van der Waals surface area (Å²) in [6.07, 6.45) is 1.69. The molecule has 0 aliphatic carbocycles. The molecule has 0 aliphatic heterocycles. The highest BCUT2D eigenvalue weighted by atomic mass is 32.2. The number of anilines is 1. The van der Waals surface area contributed by atoms with Gasteiger partial charge in [0.2, 0.25) is 0 Å². The van der Waals surface area contributed by atoms with Gasteiger partial charge in [-0.15, -0.1) is 0 Å². The first-order valence-corrected chi connectivity index (χ1v) is 7.89. The molecular weight excluding hydrogens is 284 g/mol. The number of ether oxygens (including phenoxy) is 1. The van der Waals surface area contributed by atoms with Crippen molar-refractivity contribution in [3.63, 3.8) is 0 Å². The van der Waals surface area contributed by atoms with E-state index in [4.69, 9.17) is 4.74 Å². The van der Waals surface area contributed by atoms with Crippen molar-refractivity contribution in [1.29, 1.82) is 0 Å². The molecule has 0 radical (unpaired) electrons. The number of hydrogen-bond donors (Lipinski definition) is 1. The molecule has 1 aromatic rings. The van der Waals surface area contributed by atoms with Crippen molar-refractivity contribution in [3.8, 4) is 0 Å². The third-order valence-corrected chi connectivity index (χ3v) is 3.85. The largest absolute Gasteiger partial charge is 0.385 e. The van der Waals surface area contributed by atoms with Gasteiger partial charge in [-0.2, -0.15) is 0 Å². The number of nitrogens with one attached hydrogen (secondary N) is 1. The van der Waals surface area contributed by atoms with E-state index in [0.29, 0.717) is 12.3 Å². The van der Waals surface area contributed by atoms with E-state index in [1.807, 2.05) is 6.92 Å². The smallest absolute Gasteiger partial charge is 0.288 e. The lowest BCUT2D eigenvalue weighted by atomic mass is 10.2. The minimum atomic E-state index is -3.66. The predicted molar refractivity (Wildman–Crippen MR) is 75.8 cm³/mol. The quantitative estimate of drug-likeness (QED) is 0.609. The van der Waals surface area contributed by atoms with Gasteiger partial charge in [0.1, 0.15) is 4.90 Å². The van der Waals surface area contributed by atoms with Crippen molar-refractivity contribution in [3.05, 3.63) is 28.3 Å². The molecule has 1 unspecified atom stereocenters. The van der Waals surface area contributed by atoms with Crippen LogP contribution in [0.2, 0.25) is 0 Å². The van der Waals surface area contributed by atoms with Crippen LogP contribution in [0.5, 0.6) is 0 Å². The molecule has 1 rings (SSSR count). The Hall–Kier alpha value is -1.67. The number of rotatable bonds is 7. The Morgan fingerprint density at radius 1 is 1.45 bits per heavy atom. The molecule has 1 N–H and O–H groups in total. The molecule has 0 spiro atoms. The van der Waals surface area contributed by atoms with Gasteiger partial charge in [-0.1, -0.05) is 0 Å². The van der Waals surface area contributed by atoms with Crippen LogP contribution < -0.4 is 5.32 Å². The second-order valence-corrected chi connectivity index (χ2v) is 6.52. The van der Waals surface area contributed by atoms with Gasteiger partial charge >= 0.3 is 0 Å². The van der Waals surface area contributed by atoms with E-state index in [1.165, 1.54) is 18.2 Å². The summed E-state index contributed by atoms with van der Waals surface area (Å²) in [4.78, 5) is 9.86. The maximum Gasteiger partial charge on any atom is 0.288 e. The van der Waals surface area contributed by atoms with Gasteiger partial charge in [-0.25, -0.2) is 8.42 Å². The average molecular weight is 302 g/mol. The molecule has 0 amide bonds. The summed E-state index contributed by atoms with van der Waals surface area (Å²) in [6, 6.07) is 4.04. The van der Waals surface area contributed by atoms with E-state index in [9.17, 15) is 18.5 Å². The lowest BCUT2D eigenvalue weighted by Gasteiger charge is -2.15. The minimum absolute atomic E-state index is 0.0591. The van der Waals surface area contributed by atoms with Crippen LogP contribution in [0.15, 0.2) is 23.1 Å². The van der Waals surface area contributed by atoms with Gasteiger partial charge in [-0.05, 0) is 25.5 Å². The second-order valence-electron chi connectivity index (χ2n) is 4.54. The van der Waals surface area contributed by atoms with Gasteiger partial charge in [0.15, 0.2) is 9.84 Å². The van der Waals surface area contributed by atoms with Crippen LogP contribution >= 0.6 is 0 Å². The summed E-state index contributed by atoms with van der Waals surface area (Å²) >= 11 is 0. The van der Waals surface area contributed by atoms with Gasteiger partial charge in [-0.3, -0.25) is 10.1 Å². The predicted octanol–water partition coefficient (Wildman–Crippen LogP) is 1.84. The molecule has 112 valence electrons. The molecule has 1 atom stereocenters. The molecule has 0 fully saturated rings. The monoisotopic (exact) mass is 302 g/mol. The first-order valence-electron chi connectivity index (χ1n) is 5.99. The number of nitro groups is 1. The molecule has 0 aromatic heterocycles. The maximum absolute atomic E-state index is 11.6. The number of benzene rings is 1. The number of sulfone groups is 1. The molecule has 0 saturated heterocycles. The molecule has 1 aromatic carbocycles. The Balaban J connectivity index is 3.05. The third kappa shape index (κ3) is 4.46. The molecule has 7 nitrogen and oxygen atoms in total. The van der Waals surface area contributed by atoms with Crippen molar-refractivity contribution in [2.75, 3.05) is 25.3 Å². The zero-order chi connectivity index (χ0) is 15.3. The fourth-order valence-electron chi connectivity index (χ4n) is 1.70. The Kier molecular flexibility index (Phi) is 5.46. The first kappa shape index (κ1) is 16.4. The van der Waals surface area contributed by atoms with Crippen molar-refractivity contribution in [1.82, 2.24) is 0 Å². The Labute approximate surface area is 118 Å². The SMILES string of the molecule is COCCC(C)Nc1ccc([N+](=O)[O-])c(S(C)(=O)=O)c1. The minimum Gasteiger partial charge on any atom is -0.385 e. The summed E-state index contributed by atoms with van der Waals surface area (Å²) in [7, 11) is -2.06. The highest BCUT2D eigenvalue weighted by Gasteiger charge is 2.22. The summed E-state index contributed by atoms with van der Waals surface area (Å²) in [5.74, 6) is 0. The van der Waals surface area contributed by atoms with Gasteiger partial charge in [0.25, 0.3) is 5.69 Å². The Morgan fingerprint density at radius 3 is 2.60 bits per heavy atom. The van der Waals surface area contributed by atoms with Gasteiger partial charge in [0.05, 0.1) is 4.92 Å². The fourth-order valence-corrected chi connectivity index (χ4v) is 2.57. The number of hydrogen-bond acceptors (Lipinski definition) is 6. The molecule has 0 aliphatic rings. The Morgan fingerprint density at radius 2 is 2.10 bits per heavy atom. The van der Waals surface area contributed by atoms with E-state index in [-0.39, 0.29) is 10.9 Å². The fraction of sp³-hybridized carbons (Fsp3) is 0.500. The molecule has 0 bridgehead atoms. The zero-order valence-corrected chi connectivity index (χ0v) is 12.4. The lowest BCUT2D eigenvalue weighted by Crippen LogP contribution is -2.17. The highest BCUT2D eigenvalue weighted by molar-refractivity contribution is 7.90. The standard InChI is InChI=1S/C12H18N2O5S/c1-9(6-7-19-2)13-10-4-5-11(14(15)16)12(8-10)20(3,17)18/h4-5,8-9,13H,6-7H2,1-3H3. The summed E-state index contributed by atoms with van der Waals surface area (Å²) in [6.45, 7) is 2.49. The van der Waals surface area contributed by atoms with Crippen LogP contribution in [0, 0.1) is 10.1 Å². The molecular formula is C12H18N2O5S. The van der Waals surface area contributed by atoms with Crippen molar-refractivity contribution in [2.45, 2.75) is 24.3 Å². The summed E-state index contributed by atoms with van der Waals surface area (Å²) < 4.78 is 28.2. The average Bonchev–Trinajstić information content (AvgIpc) is 2.35. The van der Waals surface area contributed by atoms with Crippen LogP contribution in [0.4, 0.5) is 11.4 Å². The van der Waals surface area contributed by atoms with Crippen LogP contribution in [-0.4, -0.2) is 39.4 Å². The summed E-state index contributed by atoms with van der Waals surface area (Å²) in [5, 5.41) is 13.9. The molecule has 8 heteroatoms. The number of methoxy groups -OCH3 is 1. The number of nitro benzene ring substituents is 1. The topological polar surface area (TPSA) is 98.5 Å². The van der Waals surface area contributed by atoms with Crippen molar-refractivity contribution < 1.29 is 18.1 Å². The first-order chi connectivity index (χ1) is 9.25. The molecule has 20 heavy (non-hydrogen) atoms. The van der Waals surface area contributed by atoms with E-state index >= 15 is 0 Å². The van der Waals surface area contributed by atoms with Crippen LogP contribution in [-0.2, 0) is 14.6 Å². The van der Waals surface area contributed by atoms with Gasteiger partial charge in [0, 0.05) is 37.8 Å². The lowest BCUT2D eigenvalue weighted by molar-refractivity contribution is -0.387. The van der Waals surface area contributed by atoms with Crippen LogP contribution in [0.3, 0.4) is 0 Å². The van der Waals surface area contributed by atoms with Crippen molar-refractivity contribution >= 4 is 21.2 Å². The van der Waals surface area contributed by atoms with Crippen molar-refractivity contribution in [2.24, 2.45) is 0 Å². The van der Waals surface area contributed by atoms with E-state index in [1.54, 1.807) is 7.11 Å². The van der Waals surface area contributed by atoms with Crippen LogP contribution in [0.1, 0.15) is 13.3 Å². The highest BCUT2D eigenvalue weighted by Crippen LogP contribution is 2.27. The second kappa shape index (κ2) is 6.67. The van der Waals surface area contributed by atoms with E-state index in [0.717, 1.165) is 12.7 Å². The van der Waals surface area contributed by atoms with E-state index in [2.05, 4.69) is 5.32 Å². The third-order valence-electron chi connectivity index (χ3n) is 2.72. The number of nitrogens with zero attached hydrogens (tertiary/aromatic N) is 1. The normalized spacial score (nSPS) is 12.9. The molecule has 0 saturated carbocycles. The molecule has 0 heterocycles.